The number of hydrogen-bond donors (Lipinski definition) is 14. The van der Waals surface area contributed by atoms with Gasteiger partial charge in [-0.3, -0.25) is 48.1 Å². The van der Waals surface area contributed by atoms with Gasteiger partial charge in [0.05, 0.1) is 17.7 Å². The zero-order chi connectivity index (χ0) is 60.1. The number of phenolic OH excluding ortho intramolecular Hbond substituents is 2. The molecule has 0 aliphatic carbocycles. The number of halogens is 1. The Morgan fingerprint density at radius 1 is 0.735 bits per heavy atom. The molecular formula is C56H71ClN12O12S2. The lowest BCUT2D eigenvalue weighted by Crippen LogP contribution is -2.73. The number of nitrogens with zero attached hydrogens (tertiary/aromatic N) is 1. The topological polar surface area (TPSA) is 388 Å². The quantitative estimate of drug-likeness (QED) is 0.0278. The van der Waals surface area contributed by atoms with Crippen molar-refractivity contribution in [3.05, 3.63) is 125 Å². The van der Waals surface area contributed by atoms with E-state index in [1.807, 2.05) is 0 Å². The van der Waals surface area contributed by atoms with E-state index in [9.17, 15) is 58.5 Å². The highest BCUT2D eigenvalue weighted by Gasteiger charge is 2.51. The number of benzene rings is 3. The minimum absolute atomic E-state index is 0.0243. The van der Waals surface area contributed by atoms with Gasteiger partial charge in [-0.1, -0.05) is 69.6 Å². The number of aromatic hydroxyl groups is 2. The van der Waals surface area contributed by atoms with Crippen molar-refractivity contribution in [3.63, 3.8) is 0 Å². The molecule has 4 aromatic rings. The van der Waals surface area contributed by atoms with Gasteiger partial charge in [-0.15, -0.1) is 0 Å². The molecule has 9 amide bonds. The van der Waals surface area contributed by atoms with E-state index in [-0.39, 0.29) is 74.0 Å². The van der Waals surface area contributed by atoms with Gasteiger partial charge in [-0.25, -0.2) is 0 Å². The van der Waals surface area contributed by atoms with Crippen molar-refractivity contribution < 1.29 is 58.5 Å². The SMILES string of the molecule is CNCCCC[C@@H]1NC(=O)[C@@H](CCCCNC(=O)c2cccnc2)NC(=O)[C@H](Cc2ccc(O)cc2)NC(=O)[C@H](NC(=O)[C@@H](N)Cc2ccc(Cl)cc2)CSSCC2(C(=O)NC(Cc3ccc(O)cc3)C(N)=O)C[C@@H](O)[C@H](NC1=O)C(=O)N2. The summed E-state index contributed by atoms with van der Waals surface area (Å²) in [6, 6.07) is 11.6. The van der Waals surface area contributed by atoms with Crippen molar-refractivity contribution in [2.75, 3.05) is 31.6 Å². The first kappa shape index (κ1) is 64.7. The molecule has 24 nitrogen and oxygen atoms in total. The molecule has 27 heteroatoms. The average Bonchev–Trinajstić information content (AvgIpc) is 3.18. The van der Waals surface area contributed by atoms with Gasteiger partial charge in [0.15, 0.2) is 0 Å². The first-order valence-electron chi connectivity index (χ1n) is 27.0. The van der Waals surface area contributed by atoms with Gasteiger partial charge in [0, 0.05) is 54.7 Å². The average molecular weight is 1200 g/mol. The molecule has 0 radical (unpaired) electrons. The van der Waals surface area contributed by atoms with E-state index in [4.69, 9.17) is 23.1 Å². The lowest BCUT2D eigenvalue weighted by Gasteiger charge is -2.42. The van der Waals surface area contributed by atoms with E-state index >= 15 is 0 Å². The lowest BCUT2D eigenvalue weighted by molar-refractivity contribution is -0.144. The van der Waals surface area contributed by atoms with E-state index in [1.165, 1.54) is 60.9 Å². The van der Waals surface area contributed by atoms with E-state index < -0.39 is 108 Å². The molecule has 16 N–H and O–H groups in total. The predicted molar refractivity (Wildman–Crippen MR) is 312 cm³/mol. The Morgan fingerprint density at radius 3 is 1.92 bits per heavy atom. The van der Waals surface area contributed by atoms with Gasteiger partial charge < -0.3 is 74.6 Å². The van der Waals surface area contributed by atoms with Crippen LogP contribution in [0.4, 0.5) is 0 Å². The predicted octanol–water partition coefficient (Wildman–Crippen LogP) is -0.0999. The summed E-state index contributed by atoms with van der Waals surface area (Å²) in [5, 5.41) is 56.9. The molecule has 1 aromatic heterocycles. The number of aliphatic hydroxyl groups is 1. The first-order valence-corrected chi connectivity index (χ1v) is 29.9. The largest absolute Gasteiger partial charge is 0.508 e. The summed E-state index contributed by atoms with van der Waals surface area (Å²) in [5.41, 5.74) is 12.1. The van der Waals surface area contributed by atoms with Gasteiger partial charge in [0.1, 0.15) is 53.3 Å². The number of nitrogens with two attached hydrogens (primary N) is 2. The molecule has 446 valence electrons. The standard InChI is InChI=1S/C56H71ClN12O12S2/c1-60-22-4-2-8-41-51(77)68-46-45(72)28-56(69-54(46)80,55(81)67-42(47(59)73)26-33-12-18-37(70)19-13-33)31-83-82-30-44(66-49(75)39(58)25-32-10-16-36(57)17-11-32)53(79)65-43(27-34-14-20-38(71)21-15-34)52(78)64-40(50(76)63-41)9-3-5-24-62-48(74)35-7-6-23-61-29-35/h6-7,10-21,23,29,39-46,60,70-72H,2-5,8-9,22,24-28,30-31,58H2,1H3,(H2,59,73)(H,62,74)(H,63,76)(H,64,78)(H,65,79)(H,66,75)(H,67,81)(H,68,77)(H,69,80)/t39-,40+,41-,42?,43-,44+,45+,46-,56?/m0/s1. The number of piperidine rings is 1. The van der Waals surface area contributed by atoms with Gasteiger partial charge in [0.25, 0.3) is 5.91 Å². The molecule has 3 aromatic carbocycles. The maximum absolute atomic E-state index is 14.8. The highest BCUT2D eigenvalue weighted by molar-refractivity contribution is 8.76. The molecular weight excluding hydrogens is 1130 g/mol. The number of nitrogens with one attached hydrogen (secondary N) is 9. The number of amides is 9. The second-order valence-corrected chi connectivity index (χ2v) is 23.3. The Morgan fingerprint density at radius 2 is 1.31 bits per heavy atom. The summed E-state index contributed by atoms with van der Waals surface area (Å²) < 4.78 is 0. The fourth-order valence-corrected chi connectivity index (χ4v) is 11.9. The van der Waals surface area contributed by atoms with Crippen molar-refractivity contribution in [1.29, 1.82) is 0 Å². The Hall–Kier alpha value is -7.49. The van der Waals surface area contributed by atoms with Crippen molar-refractivity contribution in [1.82, 2.24) is 52.8 Å². The van der Waals surface area contributed by atoms with Crippen LogP contribution in [0.2, 0.25) is 5.02 Å². The summed E-state index contributed by atoms with van der Waals surface area (Å²) in [6.45, 7) is 0.710. The zero-order valence-electron chi connectivity index (χ0n) is 45.6. The van der Waals surface area contributed by atoms with E-state index in [2.05, 4.69) is 52.8 Å². The maximum Gasteiger partial charge on any atom is 0.252 e. The normalized spacial score (nSPS) is 22.5. The molecule has 9 atom stereocenters. The number of phenols is 2. The van der Waals surface area contributed by atoms with Crippen LogP contribution in [0.3, 0.4) is 0 Å². The van der Waals surface area contributed by atoms with Gasteiger partial charge >= 0.3 is 0 Å². The summed E-state index contributed by atoms with van der Waals surface area (Å²) in [5.74, 6) is -8.19. The Balaban J connectivity index is 1.36. The number of unbranched alkanes of at least 4 members (excludes halogenated alkanes) is 2. The number of primary amides is 1. The van der Waals surface area contributed by atoms with Crippen molar-refractivity contribution in [3.8, 4) is 11.5 Å². The first-order chi connectivity index (χ1) is 39.7. The van der Waals surface area contributed by atoms with Crippen LogP contribution in [0.1, 0.15) is 72.0 Å². The lowest BCUT2D eigenvalue weighted by atomic mass is 9.84. The Kier molecular flexibility index (Phi) is 24.8. The van der Waals surface area contributed by atoms with Crippen LogP contribution in [0, 0.1) is 0 Å². The third-order valence-corrected chi connectivity index (χ3v) is 16.6. The number of pyridine rings is 1. The number of hydrogen-bond acceptors (Lipinski definition) is 17. The van der Waals surface area contributed by atoms with Crippen LogP contribution in [0.5, 0.6) is 11.5 Å². The summed E-state index contributed by atoms with van der Waals surface area (Å²) in [7, 11) is 3.65. The van der Waals surface area contributed by atoms with E-state index in [1.54, 1.807) is 43.4 Å². The van der Waals surface area contributed by atoms with Crippen molar-refractivity contribution in [2.24, 2.45) is 11.5 Å². The monoisotopic (exact) mass is 1200 g/mol. The molecule has 2 unspecified atom stereocenters. The summed E-state index contributed by atoms with van der Waals surface area (Å²) in [6.07, 6.45) is 1.80. The number of aromatic nitrogens is 1. The second kappa shape index (κ2) is 31.8. The molecule has 2 bridgehead atoms. The molecule has 4 heterocycles. The second-order valence-electron chi connectivity index (χ2n) is 20.3. The minimum Gasteiger partial charge on any atom is -0.508 e. The number of rotatable bonds is 22. The molecule has 3 aliphatic heterocycles. The van der Waals surface area contributed by atoms with Crippen LogP contribution in [-0.4, -0.2) is 159 Å². The van der Waals surface area contributed by atoms with Gasteiger partial charge in [0.2, 0.25) is 47.3 Å². The van der Waals surface area contributed by atoms with Crippen LogP contribution >= 0.6 is 33.2 Å². The number of carbonyl (C=O) groups excluding carboxylic acids is 9. The molecule has 0 spiro atoms. The molecule has 3 aliphatic rings. The number of aliphatic hydroxyl groups excluding tert-OH is 1. The van der Waals surface area contributed by atoms with E-state index in [0.717, 1.165) is 21.6 Å². The number of carbonyl (C=O) groups is 9. The summed E-state index contributed by atoms with van der Waals surface area (Å²) in [4.78, 5) is 131. The van der Waals surface area contributed by atoms with Crippen LogP contribution in [0.25, 0.3) is 0 Å². The molecule has 3 fully saturated rings. The fourth-order valence-electron chi connectivity index (χ4n) is 9.17. The minimum atomic E-state index is -2.02. The Bertz CT molecular complexity index is 2880. The van der Waals surface area contributed by atoms with Crippen LogP contribution < -0.4 is 59.3 Å². The third kappa shape index (κ3) is 19.8. The molecule has 7 rings (SSSR count). The van der Waals surface area contributed by atoms with Crippen molar-refractivity contribution >= 4 is 86.4 Å². The van der Waals surface area contributed by atoms with Gasteiger partial charge in [-0.05, 0) is 124 Å². The smallest absolute Gasteiger partial charge is 0.252 e. The molecule has 83 heavy (non-hydrogen) atoms. The summed E-state index contributed by atoms with van der Waals surface area (Å²) >= 11 is 6.09. The highest BCUT2D eigenvalue weighted by Crippen LogP contribution is 2.33. The zero-order valence-corrected chi connectivity index (χ0v) is 48.0. The Labute approximate surface area is 492 Å². The molecule has 0 saturated carbocycles. The molecule has 3 saturated heterocycles. The number of fused-ring (bicyclic) bond motifs is 17. The van der Waals surface area contributed by atoms with E-state index in [0.29, 0.717) is 53.1 Å². The van der Waals surface area contributed by atoms with Crippen LogP contribution in [-0.2, 0) is 57.6 Å². The fraction of sp³-hybridized carbons (Fsp3) is 0.429. The highest BCUT2D eigenvalue weighted by atomic mass is 35.5. The van der Waals surface area contributed by atoms with Crippen LogP contribution in [0.15, 0.2) is 97.3 Å². The third-order valence-electron chi connectivity index (χ3n) is 13.9. The van der Waals surface area contributed by atoms with Gasteiger partial charge in [-0.2, -0.15) is 0 Å². The van der Waals surface area contributed by atoms with Crippen molar-refractivity contribution in [2.45, 2.75) is 118 Å². The maximum atomic E-state index is 14.8.